The summed E-state index contributed by atoms with van der Waals surface area (Å²) in [4.78, 5) is 0.0536. The summed E-state index contributed by atoms with van der Waals surface area (Å²) in [7, 11) is -3.90. The van der Waals surface area contributed by atoms with E-state index >= 15 is 0 Å². The molecule has 1 aliphatic heterocycles. The predicted octanol–water partition coefficient (Wildman–Crippen LogP) is 2.52. The zero-order chi connectivity index (χ0) is 20.0. The van der Waals surface area contributed by atoms with Gasteiger partial charge in [-0.15, -0.1) is 0 Å². The normalized spacial score (nSPS) is 14.5. The summed E-state index contributed by atoms with van der Waals surface area (Å²) in [6, 6.07) is 11.9. The minimum atomic E-state index is -3.90. The predicted molar refractivity (Wildman–Crippen MR) is 103 cm³/mol. The first-order valence-electron chi connectivity index (χ1n) is 8.72. The number of fused-ring (bicyclic) bond motifs is 1. The van der Waals surface area contributed by atoms with Crippen LogP contribution in [0, 0.1) is 6.92 Å². The van der Waals surface area contributed by atoms with Crippen molar-refractivity contribution in [3.63, 3.8) is 0 Å². The molecule has 0 radical (unpaired) electrons. The molecule has 2 aromatic carbocycles. The molecule has 1 atom stereocenters. The first-order chi connectivity index (χ1) is 13.4. The SMILES string of the molecule is Cc1ccc(S(=O)(=O)OCC(O)COC/C=C/c2ccc3c(c2)OCO3)cc1. The first-order valence-corrected chi connectivity index (χ1v) is 10.1. The van der Waals surface area contributed by atoms with E-state index in [4.69, 9.17) is 18.4 Å². The Bertz CT molecular complexity index is 920. The number of hydrogen-bond acceptors (Lipinski definition) is 7. The fourth-order valence-corrected chi connectivity index (χ4v) is 3.40. The summed E-state index contributed by atoms with van der Waals surface area (Å²) in [5.74, 6) is 1.42. The molecule has 0 bridgehead atoms. The van der Waals surface area contributed by atoms with Gasteiger partial charge in [-0.2, -0.15) is 8.42 Å². The summed E-state index contributed by atoms with van der Waals surface area (Å²) in [5, 5.41) is 9.86. The second kappa shape index (κ2) is 9.20. The van der Waals surface area contributed by atoms with Crippen LogP contribution >= 0.6 is 0 Å². The van der Waals surface area contributed by atoms with Gasteiger partial charge in [-0.25, -0.2) is 0 Å². The number of hydrogen-bond donors (Lipinski definition) is 1. The van der Waals surface area contributed by atoms with Crippen molar-refractivity contribution in [3.8, 4) is 11.5 Å². The van der Waals surface area contributed by atoms with E-state index in [2.05, 4.69) is 0 Å². The van der Waals surface area contributed by atoms with Crippen molar-refractivity contribution in [3.05, 3.63) is 59.7 Å². The highest BCUT2D eigenvalue weighted by molar-refractivity contribution is 7.86. The fraction of sp³-hybridized carbons (Fsp3) is 0.300. The third-order valence-corrected chi connectivity index (χ3v) is 5.25. The smallest absolute Gasteiger partial charge is 0.297 e. The van der Waals surface area contributed by atoms with Crippen LogP contribution in [0.4, 0.5) is 0 Å². The molecule has 7 nitrogen and oxygen atoms in total. The van der Waals surface area contributed by atoms with Crippen LogP contribution in [-0.2, 0) is 19.0 Å². The maximum Gasteiger partial charge on any atom is 0.297 e. The van der Waals surface area contributed by atoms with E-state index in [0.717, 1.165) is 16.9 Å². The van der Waals surface area contributed by atoms with Gasteiger partial charge in [0.15, 0.2) is 11.5 Å². The van der Waals surface area contributed by atoms with E-state index < -0.39 is 16.2 Å². The van der Waals surface area contributed by atoms with Crippen molar-refractivity contribution in [1.29, 1.82) is 0 Å². The van der Waals surface area contributed by atoms with Crippen molar-refractivity contribution in [2.24, 2.45) is 0 Å². The van der Waals surface area contributed by atoms with Crippen molar-refractivity contribution in [2.45, 2.75) is 17.9 Å². The highest BCUT2D eigenvalue weighted by atomic mass is 32.2. The highest BCUT2D eigenvalue weighted by Gasteiger charge is 2.17. The molecule has 150 valence electrons. The average molecular weight is 406 g/mol. The van der Waals surface area contributed by atoms with Gasteiger partial charge in [0.2, 0.25) is 6.79 Å². The Balaban J connectivity index is 1.38. The molecule has 0 spiro atoms. The number of aliphatic hydroxyl groups is 1. The molecular formula is C20H22O7S. The molecule has 0 amide bonds. The van der Waals surface area contributed by atoms with Gasteiger partial charge in [0.1, 0.15) is 6.10 Å². The van der Waals surface area contributed by atoms with Gasteiger partial charge >= 0.3 is 0 Å². The molecule has 1 heterocycles. The summed E-state index contributed by atoms with van der Waals surface area (Å²) < 4.78 is 44.9. The van der Waals surface area contributed by atoms with Crippen molar-refractivity contribution in [2.75, 3.05) is 26.6 Å². The second-order valence-electron chi connectivity index (χ2n) is 6.26. The third kappa shape index (κ3) is 5.56. The third-order valence-electron chi connectivity index (χ3n) is 3.96. The van der Waals surface area contributed by atoms with E-state index in [9.17, 15) is 13.5 Å². The van der Waals surface area contributed by atoms with E-state index in [1.54, 1.807) is 18.2 Å². The molecule has 3 rings (SSSR count). The summed E-state index contributed by atoms with van der Waals surface area (Å²) in [6.45, 7) is 1.93. The number of ether oxygens (including phenoxy) is 3. The molecule has 28 heavy (non-hydrogen) atoms. The Morgan fingerprint density at radius 3 is 2.64 bits per heavy atom. The molecule has 8 heteroatoms. The molecule has 0 aromatic heterocycles. The largest absolute Gasteiger partial charge is 0.454 e. The summed E-state index contributed by atoms with van der Waals surface area (Å²) >= 11 is 0. The molecule has 0 aliphatic carbocycles. The Morgan fingerprint density at radius 2 is 1.86 bits per heavy atom. The second-order valence-corrected chi connectivity index (χ2v) is 7.87. The molecule has 0 fully saturated rings. The van der Waals surface area contributed by atoms with Crippen LogP contribution in [0.2, 0.25) is 0 Å². The van der Waals surface area contributed by atoms with Crippen LogP contribution in [0.25, 0.3) is 6.08 Å². The average Bonchev–Trinajstić information content (AvgIpc) is 3.14. The highest BCUT2D eigenvalue weighted by Crippen LogP contribution is 2.32. The Labute approximate surface area is 164 Å². The van der Waals surface area contributed by atoms with Crippen molar-refractivity contribution >= 4 is 16.2 Å². The summed E-state index contributed by atoms with van der Waals surface area (Å²) in [6.07, 6.45) is 2.58. The lowest BCUT2D eigenvalue weighted by Gasteiger charge is -2.11. The molecule has 1 aliphatic rings. The monoisotopic (exact) mass is 406 g/mol. The summed E-state index contributed by atoms with van der Waals surface area (Å²) in [5.41, 5.74) is 1.88. The van der Waals surface area contributed by atoms with E-state index in [-0.39, 0.29) is 31.5 Å². The standard InChI is InChI=1S/C20H22O7S/c1-15-4-7-18(8-5-15)28(22,23)27-13-17(21)12-24-10-2-3-16-6-9-19-20(11-16)26-14-25-19/h2-9,11,17,21H,10,12-14H2,1H3/b3-2+. The van der Waals surface area contributed by atoms with Crippen molar-refractivity contribution < 1.29 is 31.9 Å². The van der Waals surface area contributed by atoms with Crippen LogP contribution in [-0.4, -0.2) is 46.2 Å². The molecule has 1 N–H and O–H groups in total. The van der Waals surface area contributed by atoms with E-state index in [0.29, 0.717) is 5.75 Å². The van der Waals surface area contributed by atoms with Gasteiger partial charge in [0.05, 0.1) is 24.7 Å². The zero-order valence-corrected chi connectivity index (χ0v) is 16.2. The Hall–Kier alpha value is -2.39. The molecule has 0 saturated carbocycles. The van der Waals surface area contributed by atoms with Crippen LogP contribution < -0.4 is 9.47 Å². The van der Waals surface area contributed by atoms with E-state index in [1.807, 2.05) is 31.2 Å². The number of benzene rings is 2. The van der Waals surface area contributed by atoms with Gasteiger partial charge in [0, 0.05) is 0 Å². The Morgan fingerprint density at radius 1 is 1.11 bits per heavy atom. The molecule has 2 aromatic rings. The minimum absolute atomic E-state index is 0.0467. The quantitative estimate of drug-likeness (QED) is 0.505. The van der Waals surface area contributed by atoms with Gasteiger partial charge in [-0.05, 0) is 36.8 Å². The topological polar surface area (TPSA) is 91.3 Å². The lowest BCUT2D eigenvalue weighted by atomic mass is 10.2. The Kier molecular flexibility index (Phi) is 6.69. The van der Waals surface area contributed by atoms with Crippen LogP contribution in [0.5, 0.6) is 11.5 Å². The lowest BCUT2D eigenvalue weighted by Crippen LogP contribution is -2.24. The molecule has 0 saturated heterocycles. The van der Waals surface area contributed by atoms with Crippen LogP contribution in [0.3, 0.4) is 0 Å². The number of aliphatic hydroxyl groups excluding tert-OH is 1. The van der Waals surface area contributed by atoms with Crippen LogP contribution in [0.15, 0.2) is 53.4 Å². The number of rotatable bonds is 9. The van der Waals surface area contributed by atoms with E-state index in [1.165, 1.54) is 12.1 Å². The fourth-order valence-electron chi connectivity index (χ4n) is 2.46. The van der Waals surface area contributed by atoms with Crippen molar-refractivity contribution in [1.82, 2.24) is 0 Å². The molecular weight excluding hydrogens is 384 g/mol. The maximum atomic E-state index is 12.1. The maximum absolute atomic E-state index is 12.1. The van der Waals surface area contributed by atoms with Crippen LogP contribution in [0.1, 0.15) is 11.1 Å². The van der Waals surface area contributed by atoms with Gasteiger partial charge in [0.25, 0.3) is 10.1 Å². The minimum Gasteiger partial charge on any atom is -0.454 e. The lowest BCUT2D eigenvalue weighted by molar-refractivity contribution is 0.0229. The molecule has 1 unspecified atom stereocenters. The first kappa shape index (κ1) is 20.3. The number of aryl methyl sites for hydroxylation is 1. The van der Waals surface area contributed by atoms with Gasteiger partial charge in [-0.3, -0.25) is 4.18 Å². The zero-order valence-electron chi connectivity index (χ0n) is 15.4. The van der Waals surface area contributed by atoms with Gasteiger partial charge < -0.3 is 19.3 Å². The van der Waals surface area contributed by atoms with Gasteiger partial charge in [-0.1, -0.05) is 35.9 Å².